The van der Waals surface area contributed by atoms with Crippen molar-refractivity contribution in [3.63, 3.8) is 0 Å². The number of ether oxygens (including phenoxy) is 2. The molecule has 0 bridgehead atoms. The van der Waals surface area contributed by atoms with Crippen molar-refractivity contribution in [1.82, 2.24) is 10.3 Å². The van der Waals surface area contributed by atoms with Crippen molar-refractivity contribution in [2.75, 3.05) is 12.0 Å². The number of aromatic nitrogens is 1. The molecular weight excluding hydrogens is 354 g/mol. The number of carbonyl (C=O) groups excluding carboxylic acids is 1. The first-order valence-corrected chi connectivity index (χ1v) is 9.78. The number of hydrogen-bond acceptors (Lipinski definition) is 5. The SMILES string of the molecule is COc1ccc(CN2C=C(C(=O)NC3CCCCC3)Oc3ccccc32)cn1. The Bertz CT molecular complexity index is 858. The van der Waals surface area contributed by atoms with E-state index in [-0.39, 0.29) is 11.9 Å². The first-order valence-electron chi connectivity index (χ1n) is 9.78. The van der Waals surface area contributed by atoms with Crippen molar-refractivity contribution in [3.05, 3.63) is 60.1 Å². The van der Waals surface area contributed by atoms with E-state index in [1.165, 1.54) is 19.3 Å². The normalized spacial score (nSPS) is 16.6. The molecule has 6 heteroatoms. The molecule has 1 N–H and O–H groups in total. The Morgan fingerprint density at radius 2 is 2.04 bits per heavy atom. The average molecular weight is 379 g/mol. The summed E-state index contributed by atoms with van der Waals surface area (Å²) < 4.78 is 11.0. The van der Waals surface area contributed by atoms with E-state index in [0.29, 0.717) is 23.9 Å². The summed E-state index contributed by atoms with van der Waals surface area (Å²) in [5.74, 6) is 1.43. The Morgan fingerprint density at radius 1 is 1.21 bits per heavy atom. The highest BCUT2D eigenvalue weighted by molar-refractivity contribution is 5.93. The van der Waals surface area contributed by atoms with Crippen LogP contribution in [-0.2, 0) is 11.3 Å². The molecule has 4 rings (SSSR count). The Kier molecular flexibility index (Phi) is 5.46. The summed E-state index contributed by atoms with van der Waals surface area (Å²) in [4.78, 5) is 19.1. The number of nitrogens with zero attached hydrogens (tertiary/aromatic N) is 2. The summed E-state index contributed by atoms with van der Waals surface area (Å²) in [6.45, 7) is 0.581. The molecule has 1 aromatic heterocycles. The molecule has 1 aromatic carbocycles. The topological polar surface area (TPSA) is 63.7 Å². The number of benzene rings is 1. The number of carbonyl (C=O) groups is 1. The van der Waals surface area contributed by atoms with Crippen molar-refractivity contribution >= 4 is 11.6 Å². The van der Waals surface area contributed by atoms with Crippen LogP contribution in [0.1, 0.15) is 37.7 Å². The van der Waals surface area contributed by atoms with Gasteiger partial charge in [-0.2, -0.15) is 0 Å². The van der Waals surface area contributed by atoms with E-state index in [1.54, 1.807) is 19.5 Å². The Labute approximate surface area is 165 Å². The van der Waals surface area contributed by atoms with Crippen LogP contribution in [0.3, 0.4) is 0 Å². The molecule has 28 heavy (non-hydrogen) atoms. The van der Waals surface area contributed by atoms with Crippen LogP contribution in [0.15, 0.2) is 54.6 Å². The molecule has 1 amide bonds. The maximum atomic E-state index is 12.8. The highest BCUT2D eigenvalue weighted by Gasteiger charge is 2.25. The number of rotatable bonds is 5. The molecule has 2 aliphatic rings. The van der Waals surface area contributed by atoms with Crippen molar-refractivity contribution in [2.24, 2.45) is 0 Å². The minimum atomic E-state index is -0.153. The van der Waals surface area contributed by atoms with E-state index in [1.807, 2.05) is 41.3 Å². The first-order chi connectivity index (χ1) is 13.7. The fourth-order valence-electron chi connectivity index (χ4n) is 3.70. The molecule has 0 radical (unpaired) electrons. The van der Waals surface area contributed by atoms with Crippen molar-refractivity contribution in [2.45, 2.75) is 44.7 Å². The molecule has 1 fully saturated rings. The third-order valence-corrected chi connectivity index (χ3v) is 5.19. The number of hydrogen-bond donors (Lipinski definition) is 1. The fourth-order valence-corrected chi connectivity index (χ4v) is 3.70. The number of amides is 1. The number of fused-ring (bicyclic) bond motifs is 1. The lowest BCUT2D eigenvalue weighted by Gasteiger charge is -2.30. The zero-order valence-electron chi connectivity index (χ0n) is 16.1. The predicted molar refractivity (Wildman–Crippen MR) is 107 cm³/mol. The number of nitrogens with one attached hydrogen (secondary N) is 1. The summed E-state index contributed by atoms with van der Waals surface area (Å²) in [6, 6.07) is 11.8. The largest absolute Gasteiger partial charge is 0.481 e. The van der Waals surface area contributed by atoms with Gasteiger partial charge in [0.2, 0.25) is 11.6 Å². The van der Waals surface area contributed by atoms with Gasteiger partial charge in [-0.1, -0.05) is 37.5 Å². The lowest BCUT2D eigenvalue weighted by Crippen LogP contribution is -2.39. The smallest absolute Gasteiger partial charge is 0.288 e. The van der Waals surface area contributed by atoms with Gasteiger partial charge < -0.3 is 19.7 Å². The molecule has 1 aliphatic heterocycles. The van der Waals surface area contributed by atoms with Gasteiger partial charge in [-0.25, -0.2) is 4.98 Å². The zero-order valence-corrected chi connectivity index (χ0v) is 16.1. The van der Waals surface area contributed by atoms with Crippen molar-refractivity contribution < 1.29 is 14.3 Å². The summed E-state index contributed by atoms with van der Waals surface area (Å²) in [6.07, 6.45) is 9.24. The summed E-state index contributed by atoms with van der Waals surface area (Å²) >= 11 is 0. The fraction of sp³-hybridized carbons (Fsp3) is 0.364. The average Bonchev–Trinajstić information content (AvgIpc) is 2.75. The molecule has 2 aromatic rings. The van der Waals surface area contributed by atoms with E-state index in [2.05, 4.69) is 10.3 Å². The van der Waals surface area contributed by atoms with E-state index < -0.39 is 0 Å². The molecule has 0 spiro atoms. The molecule has 0 atom stereocenters. The van der Waals surface area contributed by atoms with Crippen LogP contribution < -0.4 is 19.7 Å². The van der Waals surface area contributed by atoms with Crippen LogP contribution in [0.4, 0.5) is 5.69 Å². The second-order valence-corrected chi connectivity index (χ2v) is 7.21. The molecule has 146 valence electrons. The number of anilines is 1. The van der Waals surface area contributed by atoms with E-state index in [0.717, 1.165) is 24.1 Å². The van der Waals surface area contributed by atoms with Gasteiger partial charge in [0.15, 0.2) is 5.75 Å². The van der Waals surface area contributed by atoms with Gasteiger partial charge >= 0.3 is 0 Å². The lowest BCUT2D eigenvalue weighted by molar-refractivity contribution is -0.120. The molecule has 6 nitrogen and oxygen atoms in total. The van der Waals surface area contributed by atoms with Crippen LogP contribution in [0.2, 0.25) is 0 Å². The molecule has 1 aliphatic carbocycles. The Balaban J connectivity index is 1.54. The number of para-hydroxylation sites is 2. The summed E-state index contributed by atoms with van der Waals surface area (Å²) in [5.41, 5.74) is 1.94. The standard InChI is InChI=1S/C22H25N3O3/c1-27-21-12-11-16(13-23-21)14-25-15-20(28-19-10-6-5-9-18(19)25)22(26)24-17-7-3-2-4-8-17/h5-6,9-13,15,17H,2-4,7-8,14H2,1H3,(H,24,26). The second-order valence-electron chi connectivity index (χ2n) is 7.21. The van der Waals surface area contributed by atoms with Gasteiger partial charge in [0.25, 0.3) is 5.91 Å². The van der Waals surface area contributed by atoms with Crippen LogP contribution in [0.25, 0.3) is 0 Å². The van der Waals surface area contributed by atoms with Crippen LogP contribution >= 0.6 is 0 Å². The van der Waals surface area contributed by atoms with Crippen molar-refractivity contribution in [3.8, 4) is 11.6 Å². The van der Waals surface area contributed by atoms with Crippen molar-refractivity contribution in [1.29, 1.82) is 0 Å². The maximum absolute atomic E-state index is 12.8. The summed E-state index contributed by atoms with van der Waals surface area (Å²) in [7, 11) is 1.60. The number of pyridine rings is 1. The van der Waals surface area contributed by atoms with Crippen LogP contribution in [0, 0.1) is 0 Å². The Hall–Kier alpha value is -3.02. The van der Waals surface area contributed by atoms with Crippen LogP contribution in [0.5, 0.6) is 11.6 Å². The van der Waals surface area contributed by atoms with Crippen LogP contribution in [-0.4, -0.2) is 24.0 Å². The molecule has 0 saturated heterocycles. The minimum absolute atomic E-state index is 0.153. The highest BCUT2D eigenvalue weighted by Crippen LogP contribution is 2.35. The third-order valence-electron chi connectivity index (χ3n) is 5.19. The quantitative estimate of drug-likeness (QED) is 0.857. The number of methoxy groups -OCH3 is 1. The predicted octanol–water partition coefficient (Wildman–Crippen LogP) is 3.78. The molecular formula is C22H25N3O3. The zero-order chi connectivity index (χ0) is 19.3. The van der Waals surface area contributed by atoms with Gasteiger partial charge in [-0.3, -0.25) is 4.79 Å². The Morgan fingerprint density at radius 3 is 2.79 bits per heavy atom. The van der Waals surface area contributed by atoms with Gasteiger partial charge in [0.1, 0.15) is 0 Å². The minimum Gasteiger partial charge on any atom is -0.481 e. The third kappa shape index (κ3) is 4.11. The first kappa shape index (κ1) is 18.3. The van der Waals surface area contributed by atoms with Gasteiger partial charge in [0.05, 0.1) is 19.0 Å². The summed E-state index contributed by atoms with van der Waals surface area (Å²) in [5, 5.41) is 3.13. The van der Waals surface area contributed by atoms with E-state index in [9.17, 15) is 4.79 Å². The molecule has 0 unspecified atom stereocenters. The van der Waals surface area contributed by atoms with E-state index >= 15 is 0 Å². The van der Waals surface area contributed by atoms with E-state index in [4.69, 9.17) is 9.47 Å². The maximum Gasteiger partial charge on any atom is 0.288 e. The van der Waals surface area contributed by atoms with Gasteiger partial charge in [-0.15, -0.1) is 0 Å². The second kappa shape index (κ2) is 8.33. The molecule has 1 saturated carbocycles. The monoisotopic (exact) mass is 379 g/mol. The van der Waals surface area contributed by atoms with Gasteiger partial charge in [0, 0.05) is 24.8 Å². The highest BCUT2D eigenvalue weighted by atomic mass is 16.5. The van der Waals surface area contributed by atoms with Gasteiger partial charge in [-0.05, 0) is 30.5 Å². The lowest BCUT2D eigenvalue weighted by atomic mass is 9.95. The molecule has 2 heterocycles.